The fourth-order valence-corrected chi connectivity index (χ4v) is 6.60. The van der Waals surface area contributed by atoms with E-state index in [-0.39, 0.29) is 17.8 Å². The van der Waals surface area contributed by atoms with Crippen LogP contribution in [-0.2, 0) is 22.4 Å². The molecule has 3 aromatic carbocycles. The number of esters is 1. The van der Waals surface area contributed by atoms with Crippen LogP contribution in [0.15, 0.2) is 91.0 Å². The highest BCUT2D eigenvalue weighted by Gasteiger charge is 2.34. The minimum absolute atomic E-state index is 0.131. The maximum absolute atomic E-state index is 14.3. The maximum atomic E-state index is 14.3. The van der Waals surface area contributed by atoms with Crippen molar-refractivity contribution in [1.29, 1.82) is 0 Å². The van der Waals surface area contributed by atoms with Crippen molar-refractivity contribution in [3.8, 4) is 0 Å². The van der Waals surface area contributed by atoms with Crippen LogP contribution in [0.25, 0.3) is 0 Å². The van der Waals surface area contributed by atoms with E-state index in [0.717, 1.165) is 47.9 Å². The Morgan fingerprint density at radius 3 is 1.92 bits per heavy atom. The summed E-state index contributed by atoms with van der Waals surface area (Å²) in [6, 6.07) is 30.3. The van der Waals surface area contributed by atoms with Crippen LogP contribution in [0.2, 0.25) is 0 Å². The van der Waals surface area contributed by atoms with Gasteiger partial charge in [0.2, 0.25) is 5.91 Å². The molecule has 1 aliphatic rings. The van der Waals surface area contributed by atoms with E-state index < -0.39 is 5.92 Å². The molecule has 1 N–H and O–H groups in total. The number of benzene rings is 3. The first kappa shape index (κ1) is 25.0. The third-order valence-electron chi connectivity index (χ3n) is 6.98. The Morgan fingerprint density at radius 1 is 0.811 bits per heavy atom. The second kappa shape index (κ2) is 11.6. The van der Waals surface area contributed by atoms with Gasteiger partial charge in [0, 0.05) is 10.8 Å². The monoisotopic (exact) mass is 509 g/mol. The van der Waals surface area contributed by atoms with Gasteiger partial charge in [0.05, 0.1) is 18.1 Å². The van der Waals surface area contributed by atoms with Crippen molar-refractivity contribution >= 4 is 28.2 Å². The zero-order valence-corrected chi connectivity index (χ0v) is 21.8. The average Bonchev–Trinajstić information content (AvgIpc) is 3.31. The molecule has 0 saturated heterocycles. The molecule has 1 aromatic heterocycles. The van der Waals surface area contributed by atoms with Gasteiger partial charge in [0.15, 0.2) is 0 Å². The van der Waals surface area contributed by atoms with E-state index in [1.54, 1.807) is 0 Å². The van der Waals surface area contributed by atoms with E-state index in [4.69, 9.17) is 4.74 Å². The molecular weight excluding hydrogens is 478 g/mol. The molecule has 37 heavy (non-hydrogen) atoms. The lowest BCUT2D eigenvalue weighted by Gasteiger charge is -2.28. The van der Waals surface area contributed by atoms with E-state index in [0.29, 0.717) is 17.2 Å². The predicted molar refractivity (Wildman–Crippen MR) is 149 cm³/mol. The number of amides is 1. The van der Waals surface area contributed by atoms with Crippen molar-refractivity contribution in [1.82, 2.24) is 0 Å². The summed E-state index contributed by atoms with van der Waals surface area (Å²) < 4.78 is 5.42. The van der Waals surface area contributed by atoms with Gasteiger partial charge in [-0.25, -0.2) is 4.79 Å². The molecule has 1 atom stereocenters. The minimum atomic E-state index is -0.500. The highest BCUT2D eigenvalue weighted by atomic mass is 32.1. The fraction of sp³-hybridized carbons (Fsp3) is 0.250. The molecule has 5 rings (SSSR count). The average molecular weight is 510 g/mol. The maximum Gasteiger partial charge on any atom is 0.341 e. The molecule has 1 amide bonds. The Kier molecular flexibility index (Phi) is 7.81. The van der Waals surface area contributed by atoms with Crippen LogP contribution in [0.5, 0.6) is 0 Å². The summed E-state index contributed by atoms with van der Waals surface area (Å²) in [5.74, 6) is -1.19. The molecule has 0 bridgehead atoms. The van der Waals surface area contributed by atoms with Gasteiger partial charge in [0.1, 0.15) is 5.00 Å². The van der Waals surface area contributed by atoms with Gasteiger partial charge in [-0.3, -0.25) is 4.79 Å². The number of hydrogen-bond donors (Lipinski definition) is 1. The standard InChI is InChI=1S/C32H31NO3S/c1-2-36-32(35)29-25-20-12-13-21-26(25)37-31(29)33-30(34)28(24-18-10-5-11-19-24)27(22-14-6-3-7-15-22)23-16-8-4-9-17-23/h3-11,14-19,27-28H,2,12-13,20-21H2,1H3,(H,33,34)/t28-/m1/s1. The molecule has 0 saturated carbocycles. The molecule has 0 fully saturated rings. The van der Waals surface area contributed by atoms with Crippen LogP contribution in [0.4, 0.5) is 5.00 Å². The first-order chi connectivity index (χ1) is 18.2. The van der Waals surface area contributed by atoms with Crippen LogP contribution < -0.4 is 5.32 Å². The van der Waals surface area contributed by atoms with Crippen molar-refractivity contribution in [2.75, 3.05) is 11.9 Å². The number of aryl methyl sites for hydroxylation is 1. The van der Waals surface area contributed by atoms with E-state index in [2.05, 4.69) is 29.6 Å². The Labute approximate surface area is 222 Å². The van der Waals surface area contributed by atoms with Gasteiger partial charge in [-0.15, -0.1) is 11.3 Å². The number of thiophene rings is 1. The van der Waals surface area contributed by atoms with Gasteiger partial charge < -0.3 is 10.1 Å². The third-order valence-corrected chi connectivity index (χ3v) is 8.19. The highest BCUT2D eigenvalue weighted by Crippen LogP contribution is 2.42. The topological polar surface area (TPSA) is 55.4 Å². The molecule has 0 unspecified atom stereocenters. The lowest BCUT2D eigenvalue weighted by Crippen LogP contribution is -2.28. The number of rotatable bonds is 8. The minimum Gasteiger partial charge on any atom is -0.462 e. The van der Waals surface area contributed by atoms with Crippen LogP contribution >= 0.6 is 11.3 Å². The van der Waals surface area contributed by atoms with Crippen molar-refractivity contribution in [2.45, 2.75) is 44.4 Å². The summed E-state index contributed by atoms with van der Waals surface area (Å²) in [7, 11) is 0. The zero-order chi connectivity index (χ0) is 25.6. The number of anilines is 1. The van der Waals surface area contributed by atoms with Crippen LogP contribution in [0, 0.1) is 0 Å². The van der Waals surface area contributed by atoms with Gasteiger partial charge in [-0.2, -0.15) is 0 Å². The Bertz CT molecular complexity index is 1310. The fourth-order valence-electron chi connectivity index (χ4n) is 5.32. The normalized spacial score (nSPS) is 13.6. The van der Waals surface area contributed by atoms with Crippen molar-refractivity contribution in [3.63, 3.8) is 0 Å². The number of ether oxygens (including phenoxy) is 1. The lowest BCUT2D eigenvalue weighted by molar-refractivity contribution is -0.117. The molecule has 0 radical (unpaired) electrons. The molecule has 4 nitrogen and oxygen atoms in total. The first-order valence-electron chi connectivity index (χ1n) is 12.9. The van der Waals surface area contributed by atoms with E-state index in [9.17, 15) is 9.59 Å². The molecule has 0 aliphatic heterocycles. The van der Waals surface area contributed by atoms with E-state index >= 15 is 0 Å². The summed E-state index contributed by atoms with van der Waals surface area (Å²) in [5, 5.41) is 3.81. The molecule has 188 valence electrons. The summed E-state index contributed by atoms with van der Waals surface area (Å²) in [4.78, 5) is 28.5. The van der Waals surface area contributed by atoms with Crippen LogP contribution in [-0.4, -0.2) is 18.5 Å². The largest absolute Gasteiger partial charge is 0.462 e. The Morgan fingerprint density at radius 2 is 1.35 bits per heavy atom. The molecule has 4 aromatic rings. The van der Waals surface area contributed by atoms with Crippen molar-refractivity contribution < 1.29 is 14.3 Å². The number of hydrogen-bond acceptors (Lipinski definition) is 4. The van der Waals surface area contributed by atoms with Gasteiger partial charge in [0.25, 0.3) is 0 Å². The van der Waals surface area contributed by atoms with Gasteiger partial charge in [-0.1, -0.05) is 91.0 Å². The third kappa shape index (κ3) is 5.37. The molecule has 1 heterocycles. The van der Waals surface area contributed by atoms with Gasteiger partial charge >= 0.3 is 5.97 Å². The summed E-state index contributed by atoms with van der Waals surface area (Å²) in [6.45, 7) is 2.11. The predicted octanol–water partition coefficient (Wildman–Crippen LogP) is 7.36. The summed E-state index contributed by atoms with van der Waals surface area (Å²) in [5.41, 5.74) is 4.64. The smallest absolute Gasteiger partial charge is 0.341 e. The SMILES string of the molecule is CCOC(=O)c1c(NC(=O)[C@H](c2ccccc2)C(c2ccccc2)c2ccccc2)sc2c1CCCC2. The molecule has 0 spiro atoms. The second-order valence-electron chi connectivity index (χ2n) is 9.31. The number of carbonyl (C=O) groups excluding carboxylic acids is 2. The van der Waals surface area contributed by atoms with Crippen LogP contribution in [0.3, 0.4) is 0 Å². The zero-order valence-electron chi connectivity index (χ0n) is 21.0. The number of fused-ring (bicyclic) bond motifs is 1. The van der Waals surface area contributed by atoms with Gasteiger partial charge in [-0.05, 0) is 54.9 Å². The molecular formula is C32H31NO3S. The first-order valence-corrected chi connectivity index (χ1v) is 13.8. The number of nitrogens with one attached hydrogen (secondary N) is 1. The van der Waals surface area contributed by atoms with E-state index in [1.807, 2.05) is 73.7 Å². The summed E-state index contributed by atoms with van der Waals surface area (Å²) in [6.07, 6.45) is 3.91. The second-order valence-corrected chi connectivity index (χ2v) is 10.4. The molecule has 1 aliphatic carbocycles. The van der Waals surface area contributed by atoms with Crippen molar-refractivity contribution in [3.05, 3.63) is 124 Å². The van der Waals surface area contributed by atoms with Crippen molar-refractivity contribution in [2.24, 2.45) is 0 Å². The molecule has 5 heteroatoms. The lowest BCUT2D eigenvalue weighted by atomic mass is 9.76. The Hall–Kier alpha value is -3.70. The quantitative estimate of drug-likeness (QED) is 0.253. The van der Waals surface area contributed by atoms with Crippen LogP contribution in [0.1, 0.15) is 69.1 Å². The Balaban J connectivity index is 1.60. The number of carbonyl (C=O) groups is 2. The highest BCUT2D eigenvalue weighted by molar-refractivity contribution is 7.17. The van der Waals surface area contributed by atoms with E-state index in [1.165, 1.54) is 16.2 Å². The summed E-state index contributed by atoms with van der Waals surface area (Å²) >= 11 is 1.53.